The SMILES string of the molecule is CC(CO)(CO)NCc1cccc2c(Br)c3ccccc3cc12. The van der Waals surface area contributed by atoms with Crippen LogP contribution in [0.4, 0.5) is 0 Å². The fourth-order valence-corrected chi connectivity index (χ4v) is 3.43. The summed E-state index contributed by atoms with van der Waals surface area (Å²) < 4.78 is 1.10. The van der Waals surface area contributed by atoms with Crippen molar-refractivity contribution in [3.8, 4) is 0 Å². The van der Waals surface area contributed by atoms with E-state index in [2.05, 4.69) is 51.6 Å². The number of hydrogen-bond acceptors (Lipinski definition) is 3. The van der Waals surface area contributed by atoms with E-state index in [-0.39, 0.29) is 13.2 Å². The molecule has 4 heteroatoms. The van der Waals surface area contributed by atoms with E-state index in [1.165, 1.54) is 16.2 Å². The molecule has 23 heavy (non-hydrogen) atoms. The van der Waals surface area contributed by atoms with Gasteiger partial charge >= 0.3 is 0 Å². The summed E-state index contributed by atoms with van der Waals surface area (Å²) in [4.78, 5) is 0. The molecule has 0 radical (unpaired) electrons. The van der Waals surface area contributed by atoms with E-state index in [1.807, 2.05) is 25.1 Å². The van der Waals surface area contributed by atoms with Gasteiger partial charge in [0.25, 0.3) is 0 Å². The number of hydrogen-bond donors (Lipinski definition) is 3. The molecule has 120 valence electrons. The fraction of sp³-hybridized carbons (Fsp3) is 0.263. The number of rotatable bonds is 5. The number of benzene rings is 3. The molecule has 3 aromatic carbocycles. The van der Waals surface area contributed by atoms with Gasteiger partial charge in [0.15, 0.2) is 0 Å². The van der Waals surface area contributed by atoms with Crippen molar-refractivity contribution in [2.45, 2.75) is 19.0 Å². The summed E-state index contributed by atoms with van der Waals surface area (Å²) >= 11 is 3.73. The van der Waals surface area contributed by atoms with Crippen molar-refractivity contribution in [1.82, 2.24) is 5.32 Å². The predicted molar refractivity (Wildman–Crippen MR) is 98.6 cm³/mol. The molecule has 3 N–H and O–H groups in total. The molecule has 0 spiro atoms. The second kappa shape index (κ2) is 6.57. The Morgan fingerprint density at radius 3 is 2.39 bits per heavy atom. The van der Waals surface area contributed by atoms with Gasteiger partial charge in [-0.3, -0.25) is 0 Å². The molecule has 3 rings (SSSR count). The standard InChI is InChI=1S/C19H20BrNO2/c1-19(11-22,12-23)21-10-14-6-4-8-16-17(14)9-13-5-2-3-7-15(13)18(16)20/h2-9,21-23H,10-12H2,1H3. The van der Waals surface area contributed by atoms with Gasteiger partial charge in [0.1, 0.15) is 0 Å². The predicted octanol–water partition coefficient (Wildman–Crippen LogP) is 3.59. The highest BCUT2D eigenvalue weighted by Gasteiger charge is 2.21. The quantitative estimate of drug-likeness (QED) is 0.599. The Hall–Kier alpha value is -1.46. The van der Waals surface area contributed by atoms with Crippen molar-refractivity contribution in [3.63, 3.8) is 0 Å². The van der Waals surface area contributed by atoms with E-state index in [9.17, 15) is 10.2 Å². The highest BCUT2D eigenvalue weighted by Crippen LogP contribution is 2.34. The van der Waals surface area contributed by atoms with Crippen molar-refractivity contribution in [2.75, 3.05) is 13.2 Å². The number of nitrogens with one attached hydrogen (secondary N) is 1. The molecule has 0 amide bonds. The van der Waals surface area contributed by atoms with Crippen LogP contribution in [0, 0.1) is 0 Å². The lowest BCUT2D eigenvalue weighted by molar-refractivity contribution is 0.103. The number of aliphatic hydroxyl groups excluding tert-OH is 2. The van der Waals surface area contributed by atoms with E-state index < -0.39 is 5.54 Å². The molecular weight excluding hydrogens is 354 g/mol. The zero-order valence-corrected chi connectivity index (χ0v) is 14.6. The van der Waals surface area contributed by atoms with Crippen molar-refractivity contribution >= 4 is 37.5 Å². The summed E-state index contributed by atoms with van der Waals surface area (Å²) in [6.45, 7) is 2.17. The van der Waals surface area contributed by atoms with E-state index in [0.29, 0.717) is 6.54 Å². The molecule has 0 aliphatic heterocycles. The monoisotopic (exact) mass is 373 g/mol. The normalized spacial score (nSPS) is 12.2. The Morgan fingerprint density at radius 2 is 1.65 bits per heavy atom. The van der Waals surface area contributed by atoms with Gasteiger partial charge in [-0.1, -0.05) is 42.5 Å². The van der Waals surface area contributed by atoms with Gasteiger partial charge in [-0.05, 0) is 56.0 Å². The molecule has 0 aliphatic rings. The lowest BCUT2D eigenvalue weighted by Crippen LogP contribution is -2.48. The molecule has 3 aromatic rings. The second-order valence-electron chi connectivity index (χ2n) is 6.15. The number of fused-ring (bicyclic) bond motifs is 2. The zero-order chi connectivity index (χ0) is 16.4. The van der Waals surface area contributed by atoms with Gasteiger partial charge in [0.2, 0.25) is 0 Å². The summed E-state index contributed by atoms with van der Waals surface area (Å²) in [5.74, 6) is 0. The first-order valence-electron chi connectivity index (χ1n) is 7.63. The minimum Gasteiger partial charge on any atom is -0.394 e. The molecule has 3 nitrogen and oxygen atoms in total. The minimum absolute atomic E-state index is 0.110. The Morgan fingerprint density at radius 1 is 0.957 bits per heavy atom. The van der Waals surface area contributed by atoms with Crippen molar-refractivity contribution in [1.29, 1.82) is 0 Å². The Balaban J connectivity index is 2.08. The van der Waals surface area contributed by atoms with Crippen molar-refractivity contribution in [2.24, 2.45) is 0 Å². The van der Waals surface area contributed by atoms with E-state index >= 15 is 0 Å². The lowest BCUT2D eigenvalue weighted by atomic mass is 9.98. The van der Waals surface area contributed by atoms with Crippen LogP contribution in [0.25, 0.3) is 21.5 Å². The Kier molecular flexibility index (Phi) is 4.69. The largest absolute Gasteiger partial charge is 0.394 e. The Labute approximate surface area is 144 Å². The lowest BCUT2D eigenvalue weighted by Gasteiger charge is -2.26. The van der Waals surface area contributed by atoms with Gasteiger partial charge in [0, 0.05) is 11.0 Å². The van der Waals surface area contributed by atoms with Gasteiger partial charge in [-0.2, -0.15) is 0 Å². The average molecular weight is 374 g/mol. The first-order valence-corrected chi connectivity index (χ1v) is 8.43. The third-order valence-corrected chi connectivity index (χ3v) is 5.19. The molecule has 0 heterocycles. The van der Waals surface area contributed by atoms with Crippen LogP contribution in [0.1, 0.15) is 12.5 Å². The molecule has 0 unspecified atom stereocenters. The first kappa shape index (κ1) is 16.4. The van der Waals surface area contributed by atoms with Crippen LogP contribution in [0.2, 0.25) is 0 Å². The summed E-state index contributed by atoms with van der Waals surface area (Å²) in [6.07, 6.45) is 0. The highest BCUT2D eigenvalue weighted by molar-refractivity contribution is 9.10. The molecule has 0 atom stereocenters. The van der Waals surface area contributed by atoms with Crippen LogP contribution in [-0.4, -0.2) is 29.0 Å². The summed E-state index contributed by atoms with van der Waals surface area (Å²) in [5, 5.41) is 26.8. The smallest absolute Gasteiger partial charge is 0.0633 e. The van der Waals surface area contributed by atoms with E-state index in [4.69, 9.17) is 0 Å². The third kappa shape index (κ3) is 3.12. The van der Waals surface area contributed by atoms with Crippen LogP contribution < -0.4 is 5.32 Å². The maximum atomic E-state index is 9.43. The maximum absolute atomic E-state index is 9.43. The average Bonchev–Trinajstić information content (AvgIpc) is 2.60. The summed E-state index contributed by atoms with van der Waals surface area (Å²) in [7, 11) is 0. The van der Waals surface area contributed by atoms with Crippen LogP contribution in [0.15, 0.2) is 53.0 Å². The maximum Gasteiger partial charge on any atom is 0.0633 e. The zero-order valence-electron chi connectivity index (χ0n) is 13.0. The van der Waals surface area contributed by atoms with Crippen molar-refractivity contribution < 1.29 is 10.2 Å². The highest BCUT2D eigenvalue weighted by atomic mass is 79.9. The topological polar surface area (TPSA) is 52.5 Å². The molecule has 0 saturated heterocycles. The summed E-state index contributed by atoms with van der Waals surface area (Å²) in [5.41, 5.74) is 0.457. The molecule has 0 bridgehead atoms. The second-order valence-corrected chi connectivity index (χ2v) is 6.95. The van der Waals surface area contributed by atoms with E-state index in [1.54, 1.807) is 0 Å². The summed E-state index contributed by atoms with van der Waals surface area (Å²) in [6, 6.07) is 16.7. The van der Waals surface area contributed by atoms with Crippen molar-refractivity contribution in [3.05, 3.63) is 58.6 Å². The molecule has 0 aromatic heterocycles. The fourth-order valence-electron chi connectivity index (χ4n) is 2.72. The first-order chi connectivity index (χ1) is 11.1. The molecule has 0 fully saturated rings. The molecular formula is C19H20BrNO2. The number of halogens is 1. The van der Waals surface area contributed by atoms with E-state index in [0.717, 1.165) is 15.4 Å². The third-order valence-electron chi connectivity index (χ3n) is 4.33. The minimum atomic E-state index is -0.684. The van der Waals surface area contributed by atoms with Crippen LogP contribution in [0.5, 0.6) is 0 Å². The van der Waals surface area contributed by atoms with Gasteiger partial charge < -0.3 is 15.5 Å². The van der Waals surface area contributed by atoms with Crippen LogP contribution in [0.3, 0.4) is 0 Å². The number of aliphatic hydroxyl groups is 2. The van der Waals surface area contributed by atoms with Crippen LogP contribution >= 0.6 is 15.9 Å². The van der Waals surface area contributed by atoms with Gasteiger partial charge in [-0.25, -0.2) is 0 Å². The van der Waals surface area contributed by atoms with Gasteiger partial charge in [0.05, 0.1) is 18.8 Å². The van der Waals surface area contributed by atoms with Crippen LogP contribution in [-0.2, 0) is 6.54 Å². The molecule has 0 aliphatic carbocycles. The molecule has 0 saturated carbocycles. The Bertz CT molecular complexity index is 843. The van der Waals surface area contributed by atoms with Gasteiger partial charge in [-0.15, -0.1) is 0 Å².